The number of benzene rings is 1. The second kappa shape index (κ2) is 6.69. The van der Waals surface area contributed by atoms with Crippen LogP contribution in [-0.2, 0) is 11.2 Å². The summed E-state index contributed by atoms with van der Waals surface area (Å²) in [6.45, 7) is 3.14. The predicted molar refractivity (Wildman–Crippen MR) is 65.5 cm³/mol. The summed E-state index contributed by atoms with van der Waals surface area (Å²) in [7, 11) is 1.63. The third-order valence-electron chi connectivity index (χ3n) is 2.69. The van der Waals surface area contributed by atoms with Crippen molar-refractivity contribution in [2.24, 2.45) is 0 Å². The Morgan fingerprint density at radius 2 is 2.24 bits per heavy atom. The van der Waals surface area contributed by atoms with E-state index < -0.39 is 5.54 Å². The third kappa shape index (κ3) is 4.81. The zero-order valence-electron chi connectivity index (χ0n) is 10.4. The number of rotatable bonds is 7. The molecule has 0 aliphatic carbocycles. The van der Waals surface area contributed by atoms with Crippen LogP contribution in [0.1, 0.15) is 12.5 Å². The van der Waals surface area contributed by atoms with E-state index in [0.717, 1.165) is 5.56 Å². The summed E-state index contributed by atoms with van der Waals surface area (Å²) in [6, 6.07) is 6.44. The predicted octanol–water partition coefficient (Wildman–Crippen LogP) is 1.36. The average Bonchev–Trinajstić information content (AvgIpc) is 2.29. The van der Waals surface area contributed by atoms with E-state index in [9.17, 15) is 9.50 Å². The van der Waals surface area contributed by atoms with Crippen molar-refractivity contribution in [3.05, 3.63) is 35.6 Å². The van der Waals surface area contributed by atoms with Gasteiger partial charge in [0.2, 0.25) is 0 Å². The molecule has 4 heteroatoms. The number of nitrogens with one attached hydrogen (secondary N) is 1. The molecule has 0 saturated carbocycles. The van der Waals surface area contributed by atoms with Crippen LogP contribution in [0.15, 0.2) is 24.3 Å². The molecule has 0 spiro atoms. The van der Waals surface area contributed by atoms with Gasteiger partial charge in [0, 0.05) is 19.2 Å². The molecule has 3 nitrogen and oxygen atoms in total. The Morgan fingerprint density at radius 3 is 2.82 bits per heavy atom. The average molecular weight is 241 g/mol. The normalized spacial score (nSPS) is 14.6. The molecule has 2 N–H and O–H groups in total. The van der Waals surface area contributed by atoms with E-state index in [0.29, 0.717) is 19.6 Å². The van der Waals surface area contributed by atoms with Gasteiger partial charge in [0.25, 0.3) is 0 Å². The molecule has 1 aromatic rings. The molecular weight excluding hydrogens is 221 g/mol. The Bertz CT molecular complexity index is 346. The highest BCUT2D eigenvalue weighted by molar-refractivity contribution is 5.19. The van der Waals surface area contributed by atoms with E-state index in [1.54, 1.807) is 13.2 Å². The molecular formula is C13H20FNO2. The molecule has 1 atom stereocenters. The van der Waals surface area contributed by atoms with Crippen LogP contribution in [0.4, 0.5) is 4.39 Å². The van der Waals surface area contributed by atoms with Gasteiger partial charge in [-0.05, 0) is 31.0 Å². The lowest BCUT2D eigenvalue weighted by Gasteiger charge is -2.29. The Hall–Kier alpha value is -0.970. The Morgan fingerprint density at radius 1 is 1.47 bits per heavy atom. The first kappa shape index (κ1) is 14.1. The number of methoxy groups -OCH3 is 1. The topological polar surface area (TPSA) is 41.5 Å². The van der Waals surface area contributed by atoms with Crippen LogP contribution < -0.4 is 5.32 Å². The highest BCUT2D eigenvalue weighted by atomic mass is 19.1. The zero-order valence-corrected chi connectivity index (χ0v) is 10.4. The Balaban J connectivity index is 2.61. The van der Waals surface area contributed by atoms with Gasteiger partial charge < -0.3 is 15.2 Å². The van der Waals surface area contributed by atoms with Crippen LogP contribution in [0.5, 0.6) is 0 Å². The number of aliphatic hydroxyl groups is 1. The van der Waals surface area contributed by atoms with Crippen molar-refractivity contribution in [1.82, 2.24) is 5.32 Å². The van der Waals surface area contributed by atoms with Crippen LogP contribution in [0.25, 0.3) is 0 Å². The summed E-state index contributed by atoms with van der Waals surface area (Å²) in [5, 5.41) is 12.6. The monoisotopic (exact) mass is 241 g/mol. The van der Waals surface area contributed by atoms with Crippen LogP contribution in [0.2, 0.25) is 0 Å². The maximum Gasteiger partial charge on any atom is 0.123 e. The van der Waals surface area contributed by atoms with E-state index in [1.807, 2.05) is 13.0 Å². The van der Waals surface area contributed by atoms with Gasteiger partial charge in [0.15, 0.2) is 0 Å². The molecule has 0 aromatic heterocycles. The lowest BCUT2D eigenvalue weighted by atomic mass is 9.93. The van der Waals surface area contributed by atoms with Gasteiger partial charge in [-0.15, -0.1) is 0 Å². The number of ether oxygens (including phenoxy) is 1. The first-order valence-electron chi connectivity index (χ1n) is 5.69. The maximum absolute atomic E-state index is 13.0. The molecule has 0 aliphatic heterocycles. The highest BCUT2D eigenvalue weighted by Gasteiger charge is 2.22. The largest absolute Gasteiger partial charge is 0.394 e. The van der Waals surface area contributed by atoms with Crippen molar-refractivity contribution in [2.45, 2.75) is 18.9 Å². The minimum absolute atomic E-state index is 0.00672. The first-order chi connectivity index (χ1) is 8.09. The van der Waals surface area contributed by atoms with Crippen molar-refractivity contribution in [1.29, 1.82) is 0 Å². The molecule has 0 saturated heterocycles. The van der Waals surface area contributed by atoms with Crippen molar-refractivity contribution in [3.8, 4) is 0 Å². The number of hydrogen-bond donors (Lipinski definition) is 2. The van der Waals surface area contributed by atoms with Gasteiger partial charge in [-0.1, -0.05) is 12.1 Å². The SMILES string of the molecule is COCCNC(C)(CO)Cc1cccc(F)c1. The summed E-state index contributed by atoms with van der Waals surface area (Å²) in [5.74, 6) is -0.250. The van der Waals surface area contributed by atoms with Crippen molar-refractivity contribution in [3.63, 3.8) is 0 Å². The summed E-state index contributed by atoms with van der Waals surface area (Å²) >= 11 is 0. The summed E-state index contributed by atoms with van der Waals surface area (Å²) in [5.41, 5.74) is 0.415. The molecule has 96 valence electrons. The minimum Gasteiger partial charge on any atom is -0.394 e. The fourth-order valence-corrected chi connectivity index (χ4v) is 1.73. The van der Waals surface area contributed by atoms with E-state index in [4.69, 9.17) is 4.74 Å². The first-order valence-corrected chi connectivity index (χ1v) is 5.69. The van der Waals surface area contributed by atoms with Gasteiger partial charge in [0.05, 0.1) is 13.2 Å². The van der Waals surface area contributed by atoms with Gasteiger partial charge in [-0.3, -0.25) is 0 Å². The van der Waals surface area contributed by atoms with Crippen molar-refractivity contribution < 1.29 is 14.2 Å². The van der Waals surface area contributed by atoms with Crippen LogP contribution in [0.3, 0.4) is 0 Å². The molecule has 0 amide bonds. The molecule has 0 fully saturated rings. The number of aliphatic hydroxyl groups excluding tert-OH is 1. The summed E-state index contributed by atoms with van der Waals surface area (Å²) < 4.78 is 18.0. The highest BCUT2D eigenvalue weighted by Crippen LogP contribution is 2.13. The molecule has 1 unspecified atom stereocenters. The lowest BCUT2D eigenvalue weighted by molar-refractivity contribution is 0.147. The number of halogens is 1. The van der Waals surface area contributed by atoms with Gasteiger partial charge >= 0.3 is 0 Å². The quantitative estimate of drug-likeness (QED) is 0.708. The molecule has 17 heavy (non-hydrogen) atoms. The van der Waals surface area contributed by atoms with Crippen LogP contribution in [0, 0.1) is 5.82 Å². The third-order valence-corrected chi connectivity index (χ3v) is 2.69. The Labute approximate surface area is 102 Å². The second-order valence-corrected chi connectivity index (χ2v) is 4.45. The van der Waals surface area contributed by atoms with Crippen molar-refractivity contribution in [2.75, 3.05) is 26.9 Å². The summed E-state index contributed by atoms with van der Waals surface area (Å²) in [6.07, 6.45) is 0.574. The molecule has 0 bridgehead atoms. The minimum atomic E-state index is -0.452. The van der Waals surface area contributed by atoms with E-state index in [-0.39, 0.29) is 12.4 Å². The zero-order chi connectivity index (χ0) is 12.7. The fourth-order valence-electron chi connectivity index (χ4n) is 1.73. The molecule has 0 aliphatic rings. The molecule has 1 aromatic carbocycles. The standard InChI is InChI=1S/C13H20FNO2/c1-13(10-16,15-6-7-17-2)9-11-4-3-5-12(14)8-11/h3-5,8,15-16H,6-7,9-10H2,1-2H3. The van der Waals surface area contributed by atoms with Gasteiger partial charge in [0.1, 0.15) is 5.82 Å². The number of hydrogen-bond acceptors (Lipinski definition) is 3. The van der Waals surface area contributed by atoms with Crippen molar-refractivity contribution >= 4 is 0 Å². The Kier molecular flexibility index (Phi) is 5.55. The van der Waals surface area contributed by atoms with Crippen LogP contribution >= 0.6 is 0 Å². The fraction of sp³-hybridized carbons (Fsp3) is 0.538. The maximum atomic E-state index is 13.0. The van der Waals surface area contributed by atoms with E-state index >= 15 is 0 Å². The van der Waals surface area contributed by atoms with Gasteiger partial charge in [-0.2, -0.15) is 0 Å². The summed E-state index contributed by atoms with van der Waals surface area (Å²) in [4.78, 5) is 0. The van der Waals surface area contributed by atoms with E-state index in [1.165, 1.54) is 12.1 Å². The smallest absolute Gasteiger partial charge is 0.123 e. The van der Waals surface area contributed by atoms with Crippen LogP contribution in [-0.4, -0.2) is 37.5 Å². The van der Waals surface area contributed by atoms with Gasteiger partial charge in [-0.25, -0.2) is 4.39 Å². The van der Waals surface area contributed by atoms with E-state index in [2.05, 4.69) is 5.32 Å². The molecule has 0 heterocycles. The second-order valence-electron chi connectivity index (χ2n) is 4.45. The molecule has 1 rings (SSSR count). The molecule has 0 radical (unpaired) electrons. The lowest BCUT2D eigenvalue weighted by Crippen LogP contribution is -2.48.